The number of benzene rings is 1. The van der Waals surface area contributed by atoms with E-state index in [9.17, 15) is 9.59 Å². The molecule has 0 aliphatic carbocycles. The van der Waals surface area contributed by atoms with E-state index in [1.54, 1.807) is 0 Å². The maximum Gasteiger partial charge on any atom is 0.324 e. The zero-order chi connectivity index (χ0) is 16.8. The van der Waals surface area contributed by atoms with Gasteiger partial charge in [-0.1, -0.05) is 11.6 Å². The van der Waals surface area contributed by atoms with Crippen LogP contribution < -0.4 is 10.2 Å². The quantitative estimate of drug-likeness (QED) is 0.821. The molecular formula is C17H19ClN4O2. The van der Waals surface area contributed by atoms with Crippen LogP contribution in [0.4, 0.5) is 10.5 Å². The number of hydrogen-bond donors (Lipinski definition) is 2. The van der Waals surface area contributed by atoms with Crippen molar-refractivity contribution in [3.63, 3.8) is 0 Å². The molecule has 1 aromatic carbocycles. The van der Waals surface area contributed by atoms with Gasteiger partial charge in [-0.25, -0.2) is 4.79 Å². The predicted octanol–water partition coefficient (Wildman–Crippen LogP) is 2.59. The first-order chi connectivity index (χ1) is 11.5. The number of anilines is 1. The minimum atomic E-state index is -0.378. The summed E-state index contributed by atoms with van der Waals surface area (Å²) in [4.78, 5) is 30.5. The fraction of sp³-hybridized carbons (Fsp3) is 0.412. The lowest BCUT2D eigenvalue weighted by Crippen LogP contribution is -2.44. The molecule has 1 atom stereocenters. The molecule has 0 radical (unpaired) electrons. The zero-order valence-corrected chi connectivity index (χ0v) is 14.1. The van der Waals surface area contributed by atoms with E-state index in [2.05, 4.69) is 21.3 Å². The Balaban J connectivity index is 1.51. The Morgan fingerprint density at radius 2 is 1.96 bits per heavy atom. The number of fused-ring (bicyclic) bond motifs is 1. The van der Waals surface area contributed by atoms with Crippen molar-refractivity contribution in [2.24, 2.45) is 5.92 Å². The highest BCUT2D eigenvalue weighted by atomic mass is 35.5. The van der Waals surface area contributed by atoms with Crippen LogP contribution in [0.15, 0.2) is 24.4 Å². The number of carbonyl (C=O) groups excluding carboxylic acids is 2. The third-order valence-corrected chi connectivity index (χ3v) is 5.36. The lowest BCUT2D eigenvalue weighted by Gasteiger charge is -2.35. The van der Waals surface area contributed by atoms with Gasteiger partial charge in [-0.05, 0) is 37.0 Å². The second kappa shape index (κ2) is 5.70. The summed E-state index contributed by atoms with van der Waals surface area (Å²) in [5, 5.41) is 4.67. The van der Waals surface area contributed by atoms with E-state index in [1.165, 1.54) is 11.9 Å². The first kappa shape index (κ1) is 15.3. The van der Waals surface area contributed by atoms with Crippen LogP contribution in [0.2, 0.25) is 5.02 Å². The molecule has 24 heavy (non-hydrogen) atoms. The van der Waals surface area contributed by atoms with E-state index in [1.807, 2.05) is 18.3 Å². The first-order valence-corrected chi connectivity index (χ1v) is 8.52. The average Bonchev–Trinajstić information content (AvgIpc) is 3.14. The molecule has 3 heterocycles. The Bertz CT molecular complexity index is 810. The molecule has 1 unspecified atom stereocenters. The molecule has 126 valence electrons. The fourth-order valence-corrected chi connectivity index (χ4v) is 3.98. The Labute approximate surface area is 144 Å². The zero-order valence-electron chi connectivity index (χ0n) is 13.4. The number of amides is 3. The minimum absolute atomic E-state index is 0.116. The molecule has 2 aliphatic heterocycles. The van der Waals surface area contributed by atoms with Gasteiger partial charge < -0.3 is 15.2 Å². The lowest BCUT2D eigenvalue weighted by molar-refractivity contribution is -0.127. The van der Waals surface area contributed by atoms with E-state index in [0.717, 1.165) is 42.5 Å². The molecule has 4 rings (SSSR count). The fourth-order valence-electron chi connectivity index (χ4n) is 3.77. The van der Waals surface area contributed by atoms with Crippen LogP contribution in [0, 0.1) is 5.92 Å². The van der Waals surface area contributed by atoms with Crippen LogP contribution in [-0.4, -0.2) is 48.0 Å². The number of imide groups is 1. The van der Waals surface area contributed by atoms with Crippen molar-refractivity contribution in [3.8, 4) is 0 Å². The largest absolute Gasteiger partial charge is 0.371 e. The monoisotopic (exact) mass is 346 g/mol. The molecule has 2 N–H and O–H groups in total. The van der Waals surface area contributed by atoms with Crippen molar-refractivity contribution in [3.05, 3.63) is 29.4 Å². The van der Waals surface area contributed by atoms with Crippen LogP contribution in [0.25, 0.3) is 10.9 Å². The second-order valence-corrected chi connectivity index (χ2v) is 6.95. The number of hydrogen-bond acceptors (Lipinski definition) is 3. The summed E-state index contributed by atoms with van der Waals surface area (Å²) in [5.41, 5.74) is 2.15. The Hall–Kier alpha value is -2.21. The van der Waals surface area contributed by atoms with Gasteiger partial charge in [-0.2, -0.15) is 0 Å². The molecule has 0 spiro atoms. The van der Waals surface area contributed by atoms with Gasteiger partial charge in [0.1, 0.15) is 6.04 Å². The van der Waals surface area contributed by atoms with Crippen molar-refractivity contribution >= 4 is 40.1 Å². The molecule has 2 aromatic rings. The van der Waals surface area contributed by atoms with Gasteiger partial charge >= 0.3 is 6.03 Å². The molecular weight excluding hydrogens is 328 g/mol. The number of H-pyrrole nitrogens is 1. The van der Waals surface area contributed by atoms with Crippen LogP contribution in [0.3, 0.4) is 0 Å². The third-order valence-electron chi connectivity index (χ3n) is 5.14. The summed E-state index contributed by atoms with van der Waals surface area (Å²) in [6.45, 7) is 1.68. The van der Waals surface area contributed by atoms with Crippen LogP contribution in [-0.2, 0) is 4.79 Å². The number of carbonyl (C=O) groups is 2. The van der Waals surface area contributed by atoms with Gasteiger partial charge in [-0.3, -0.25) is 9.69 Å². The molecule has 2 fully saturated rings. The van der Waals surface area contributed by atoms with Gasteiger partial charge in [0.05, 0.1) is 0 Å². The van der Waals surface area contributed by atoms with Gasteiger partial charge in [0.25, 0.3) is 5.91 Å². The van der Waals surface area contributed by atoms with E-state index in [-0.39, 0.29) is 23.9 Å². The minimum Gasteiger partial charge on any atom is -0.371 e. The number of aromatic amines is 1. The summed E-state index contributed by atoms with van der Waals surface area (Å²) in [7, 11) is 1.53. The summed E-state index contributed by atoms with van der Waals surface area (Å²) in [6.07, 6.45) is 3.64. The SMILES string of the molecule is CN1C(=O)NC(C2CCN(c3cc(Cl)cc4[nH]ccc34)CC2)C1=O. The van der Waals surface area contributed by atoms with Crippen LogP contribution in [0.5, 0.6) is 0 Å². The number of rotatable bonds is 2. The Kier molecular flexibility index (Phi) is 3.64. The van der Waals surface area contributed by atoms with Crippen molar-refractivity contribution < 1.29 is 9.59 Å². The van der Waals surface area contributed by atoms with Crippen LogP contribution in [0.1, 0.15) is 12.8 Å². The molecule has 3 amide bonds. The Morgan fingerprint density at radius 3 is 2.62 bits per heavy atom. The topological polar surface area (TPSA) is 68.4 Å². The molecule has 1 aromatic heterocycles. The molecule has 7 heteroatoms. The summed E-state index contributed by atoms with van der Waals surface area (Å²) < 4.78 is 0. The van der Waals surface area contributed by atoms with Gasteiger partial charge in [-0.15, -0.1) is 0 Å². The van der Waals surface area contributed by atoms with Crippen molar-refractivity contribution in [2.75, 3.05) is 25.0 Å². The number of nitrogens with one attached hydrogen (secondary N) is 2. The highest BCUT2D eigenvalue weighted by Crippen LogP contribution is 2.34. The molecule has 0 saturated carbocycles. The maximum absolute atomic E-state index is 12.2. The summed E-state index contributed by atoms with van der Waals surface area (Å²) in [6, 6.07) is 5.31. The molecule has 2 aliphatic rings. The third kappa shape index (κ3) is 2.41. The normalized spacial score (nSPS) is 22.5. The van der Waals surface area contributed by atoms with Gasteiger partial charge in [0, 0.05) is 47.9 Å². The molecule has 2 saturated heterocycles. The smallest absolute Gasteiger partial charge is 0.324 e. The highest BCUT2D eigenvalue weighted by molar-refractivity contribution is 6.31. The average molecular weight is 347 g/mol. The van der Waals surface area contributed by atoms with Crippen molar-refractivity contribution in [1.82, 2.24) is 15.2 Å². The van der Waals surface area contributed by atoms with E-state index < -0.39 is 0 Å². The highest BCUT2D eigenvalue weighted by Gasteiger charge is 2.41. The van der Waals surface area contributed by atoms with E-state index in [0.29, 0.717) is 5.02 Å². The molecule has 0 bridgehead atoms. The van der Waals surface area contributed by atoms with E-state index in [4.69, 9.17) is 11.6 Å². The second-order valence-electron chi connectivity index (χ2n) is 6.51. The van der Waals surface area contributed by atoms with Gasteiger partial charge in [0.15, 0.2) is 0 Å². The first-order valence-electron chi connectivity index (χ1n) is 8.14. The molecule has 6 nitrogen and oxygen atoms in total. The van der Waals surface area contributed by atoms with Crippen molar-refractivity contribution in [1.29, 1.82) is 0 Å². The summed E-state index contributed by atoms with van der Waals surface area (Å²) in [5.74, 6) is 0.0674. The standard InChI is InChI=1S/C17H19ClN4O2/c1-21-16(23)15(20-17(21)24)10-3-6-22(7-4-10)14-9-11(18)8-13-12(14)2-5-19-13/h2,5,8-10,15,19H,3-4,6-7H2,1H3,(H,20,24). The number of urea groups is 1. The van der Waals surface area contributed by atoms with E-state index >= 15 is 0 Å². The van der Waals surface area contributed by atoms with Crippen LogP contribution >= 0.6 is 11.6 Å². The summed E-state index contributed by atoms with van der Waals surface area (Å²) >= 11 is 6.24. The number of likely N-dealkylation sites (N-methyl/N-ethyl adjacent to an activating group) is 1. The number of nitrogens with zero attached hydrogens (tertiary/aromatic N) is 2. The van der Waals surface area contributed by atoms with Crippen molar-refractivity contribution in [2.45, 2.75) is 18.9 Å². The number of piperidine rings is 1. The van der Waals surface area contributed by atoms with Gasteiger partial charge in [0.2, 0.25) is 0 Å². The Morgan fingerprint density at radius 1 is 1.21 bits per heavy atom. The lowest BCUT2D eigenvalue weighted by atomic mass is 9.89. The number of halogens is 1. The maximum atomic E-state index is 12.2. The predicted molar refractivity (Wildman–Crippen MR) is 93.3 cm³/mol. The number of aromatic nitrogens is 1.